The van der Waals surface area contributed by atoms with Crippen molar-refractivity contribution in [1.82, 2.24) is 29.6 Å². The Morgan fingerprint density at radius 1 is 1.11 bits per heavy atom. The molecule has 182 valence electrons. The van der Waals surface area contributed by atoms with Gasteiger partial charge in [0.2, 0.25) is 0 Å². The smallest absolute Gasteiger partial charge is 0.257 e. The Hall–Kier alpha value is -4.07. The lowest BCUT2D eigenvalue weighted by Gasteiger charge is -2.21. The number of methoxy groups -OCH3 is 1. The van der Waals surface area contributed by atoms with Crippen molar-refractivity contribution < 1.29 is 9.53 Å². The molecular weight excluding hydrogens is 452 g/mol. The Morgan fingerprint density at radius 2 is 1.92 bits per heavy atom. The molecule has 1 fully saturated rings. The number of hydrogen-bond donors (Lipinski definition) is 0. The topological polar surface area (TPSA) is 86.0 Å². The van der Waals surface area contributed by atoms with E-state index in [0.29, 0.717) is 24.6 Å². The Balaban J connectivity index is 1.38. The number of amides is 1. The van der Waals surface area contributed by atoms with E-state index in [-0.39, 0.29) is 11.8 Å². The minimum Gasteiger partial charge on any atom is -0.497 e. The molecule has 1 aromatic carbocycles. The molecule has 0 atom stereocenters. The predicted molar refractivity (Wildman–Crippen MR) is 135 cm³/mol. The summed E-state index contributed by atoms with van der Waals surface area (Å²) in [5, 5.41) is 4.64. The minimum atomic E-state index is -0.0181. The van der Waals surface area contributed by atoms with E-state index in [1.165, 1.54) is 5.56 Å². The number of hydrogen-bond acceptors (Lipinski definition) is 6. The van der Waals surface area contributed by atoms with Crippen LogP contribution in [0.4, 0.5) is 0 Å². The number of benzene rings is 1. The van der Waals surface area contributed by atoms with Gasteiger partial charge < -0.3 is 9.64 Å². The van der Waals surface area contributed by atoms with Crippen LogP contribution in [-0.4, -0.2) is 49.2 Å². The summed E-state index contributed by atoms with van der Waals surface area (Å²) in [5.74, 6) is 1.58. The number of nitrogens with zero attached hydrogens (tertiary/aromatic N) is 6. The highest BCUT2D eigenvalue weighted by Crippen LogP contribution is 2.43. The van der Waals surface area contributed by atoms with E-state index in [9.17, 15) is 4.79 Å². The Kier molecular flexibility index (Phi) is 5.71. The zero-order valence-corrected chi connectivity index (χ0v) is 20.5. The lowest BCUT2D eigenvalue weighted by Crippen LogP contribution is -2.31. The van der Waals surface area contributed by atoms with Crippen LogP contribution < -0.4 is 4.74 Å². The quantitative estimate of drug-likeness (QED) is 0.390. The molecule has 8 heteroatoms. The standard InChI is InChI=1S/C28H28N6O2/c1-3-33(17-18-10-12-29-13-11-18)27(35)24-16-31-34(26(24)20-5-6-20)28-30-15-21-7-4-19-8-9-22(36-2)14-23(19)25(21)32-28/h8-16,20H,3-7,17H2,1-2H3. The normalized spacial score (nSPS) is 14.2. The van der Waals surface area contributed by atoms with Crippen LogP contribution in [0.15, 0.2) is 55.1 Å². The van der Waals surface area contributed by atoms with Crippen molar-refractivity contribution in [2.45, 2.75) is 45.1 Å². The van der Waals surface area contributed by atoms with Crippen LogP contribution in [0.1, 0.15) is 58.4 Å². The summed E-state index contributed by atoms with van der Waals surface area (Å²) >= 11 is 0. The van der Waals surface area contributed by atoms with E-state index in [4.69, 9.17) is 9.72 Å². The number of pyridine rings is 1. The molecule has 0 spiro atoms. The van der Waals surface area contributed by atoms with Crippen molar-refractivity contribution in [2.75, 3.05) is 13.7 Å². The van der Waals surface area contributed by atoms with Gasteiger partial charge in [-0.15, -0.1) is 0 Å². The highest BCUT2D eigenvalue weighted by molar-refractivity contribution is 5.95. The molecule has 4 aromatic rings. The molecule has 2 aliphatic carbocycles. The lowest BCUT2D eigenvalue weighted by atomic mass is 9.90. The van der Waals surface area contributed by atoms with Gasteiger partial charge in [-0.2, -0.15) is 5.10 Å². The van der Waals surface area contributed by atoms with Crippen molar-refractivity contribution in [3.05, 3.63) is 83.1 Å². The first-order chi connectivity index (χ1) is 17.7. The van der Waals surface area contributed by atoms with Crippen LogP contribution in [0.3, 0.4) is 0 Å². The average Bonchev–Trinajstić information content (AvgIpc) is 3.68. The largest absolute Gasteiger partial charge is 0.497 e. The molecule has 0 unspecified atom stereocenters. The molecule has 0 aliphatic heterocycles. The minimum absolute atomic E-state index is 0.0181. The van der Waals surface area contributed by atoms with Gasteiger partial charge in [0.05, 0.1) is 30.3 Å². The molecule has 1 amide bonds. The van der Waals surface area contributed by atoms with Gasteiger partial charge in [-0.25, -0.2) is 14.6 Å². The van der Waals surface area contributed by atoms with E-state index in [1.54, 1.807) is 30.4 Å². The highest BCUT2D eigenvalue weighted by atomic mass is 16.5. The monoisotopic (exact) mass is 480 g/mol. The van der Waals surface area contributed by atoms with Gasteiger partial charge in [0.15, 0.2) is 0 Å². The van der Waals surface area contributed by atoms with Crippen LogP contribution in [-0.2, 0) is 19.4 Å². The van der Waals surface area contributed by atoms with E-state index in [0.717, 1.165) is 59.5 Å². The van der Waals surface area contributed by atoms with Gasteiger partial charge in [0, 0.05) is 43.2 Å². The summed E-state index contributed by atoms with van der Waals surface area (Å²) in [5.41, 5.74) is 6.95. The van der Waals surface area contributed by atoms with Gasteiger partial charge in [0.1, 0.15) is 5.75 Å². The molecule has 0 bridgehead atoms. The summed E-state index contributed by atoms with van der Waals surface area (Å²) < 4.78 is 7.25. The zero-order chi connectivity index (χ0) is 24.6. The van der Waals surface area contributed by atoms with Crippen LogP contribution >= 0.6 is 0 Å². The Labute approximate surface area is 210 Å². The molecule has 36 heavy (non-hydrogen) atoms. The summed E-state index contributed by atoms with van der Waals surface area (Å²) in [6.07, 6.45) is 11.0. The number of fused-ring (bicyclic) bond motifs is 3. The fourth-order valence-electron chi connectivity index (χ4n) is 4.94. The first-order valence-corrected chi connectivity index (χ1v) is 12.5. The number of carbonyl (C=O) groups excluding carboxylic acids is 1. The molecule has 0 N–H and O–H groups in total. The third kappa shape index (κ3) is 4.02. The molecule has 3 aromatic heterocycles. The van der Waals surface area contributed by atoms with E-state index in [1.807, 2.05) is 42.3 Å². The van der Waals surface area contributed by atoms with Gasteiger partial charge >= 0.3 is 0 Å². The van der Waals surface area contributed by atoms with Gasteiger partial charge in [-0.3, -0.25) is 9.78 Å². The molecule has 2 aliphatic rings. The van der Waals surface area contributed by atoms with Gasteiger partial charge in [-0.05, 0) is 73.6 Å². The fourth-order valence-corrected chi connectivity index (χ4v) is 4.94. The van der Waals surface area contributed by atoms with Crippen LogP contribution in [0.2, 0.25) is 0 Å². The molecular formula is C28H28N6O2. The third-order valence-corrected chi connectivity index (χ3v) is 7.07. The number of aryl methyl sites for hydroxylation is 2. The fraction of sp³-hybridized carbons (Fsp3) is 0.321. The molecule has 6 rings (SSSR count). The molecule has 3 heterocycles. The SMILES string of the molecule is CCN(Cc1ccncc1)C(=O)c1cnn(-c2ncc3c(n2)-c2cc(OC)ccc2CC3)c1C1CC1. The first kappa shape index (κ1) is 22.4. The maximum Gasteiger partial charge on any atom is 0.257 e. The maximum atomic E-state index is 13.6. The van der Waals surface area contributed by atoms with Crippen molar-refractivity contribution in [3.63, 3.8) is 0 Å². The molecule has 8 nitrogen and oxygen atoms in total. The Bertz CT molecular complexity index is 1430. The predicted octanol–water partition coefficient (Wildman–Crippen LogP) is 4.37. The van der Waals surface area contributed by atoms with E-state index in [2.05, 4.69) is 21.1 Å². The second-order valence-electron chi connectivity index (χ2n) is 9.37. The Morgan fingerprint density at radius 3 is 2.67 bits per heavy atom. The molecule has 0 radical (unpaired) electrons. The number of rotatable bonds is 7. The second-order valence-corrected chi connectivity index (χ2v) is 9.37. The van der Waals surface area contributed by atoms with Gasteiger partial charge in [0.25, 0.3) is 11.9 Å². The van der Waals surface area contributed by atoms with Crippen LogP contribution in [0, 0.1) is 0 Å². The second kappa shape index (κ2) is 9.18. The summed E-state index contributed by atoms with van der Waals surface area (Å²) in [7, 11) is 1.68. The highest BCUT2D eigenvalue weighted by Gasteiger charge is 2.35. The zero-order valence-electron chi connectivity index (χ0n) is 20.5. The average molecular weight is 481 g/mol. The van der Waals surface area contributed by atoms with Crippen LogP contribution in [0.25, 0.3) is 17.2 Å². The third-order valence-electron chi connectivity index (χ3n) is 7.07. The number of carbonyl (C=O) groups is 1. The van der Waals surface area contributed by atoms with Gasteiger partial charge in [-0.1, -0.05) is 6.07 Å². The summed E-state index contributed by atoms with van der Waals surface area (Å²) in [6, 6.07) is 10.0. The van der Waals surface area contributed by atoms with Crippen LogP contribution in [0.5, 0.6) is 5.75 Å². The first-order valence-electron chi connectivity index (χ1n) is 12.5. The van der Waals surface area contributed by atoms with E-state index >= 15 is 0 Å². The summed E-state index contributed by atoms with van der Waals surface area (Å²) in [4.78, 5) is 29.2. The number of aromatic nitrogens is 5. The number of ether oxygens (including phenoxy) is 1. The van der Waals surface area contributed by atoms with Crippen molar-refractivity contribution >= 4 is 5.91 Å². The summed E-state index contributed by atoms with van der Waals surface area (Å²) in [6.45, 7) is 3.13. The van der Waals surface area contributed by atoms with Crippen molar-refractivity contribution in [3.8, 4) is 23.0 Å². The van der Waals surface area contributed by atoms with E-state index < -0.39 is 0 Å². The maximum absolute atomic E-state index is 13.6. The molecule has 0 saturated heterocycles. The van der Waals surface area contributed by atoms with Crippen molar-refractivity contribution in [2.24, 2.45) is 0 Å². The molecule has 1 saturated carbocycles. The van der Waals surface area contributed by atoms with Crippen molar-refractivity contribution in [1.29, 1.82) is 0 Å². The lowest BCUT2D eigenvalue weighted by molar-refractivity contribution is 0.0751.